The Morgan fingerprint density at radius 1 is 0.268 bits per heavy atom. The third kappa shape index (κ3) is 5.42. The SMILES string of the molecule is c1cc(-c2cccc3ccccc23)cc(N(c2ccc(-c3ccc4oc5ccccc5c4c3)cc2)c2cccc(-c3cc4ccccc4c4ccccc34)c2)c1. The van der Waals surface area contributed by atoms with Crippen LogP contribution in [0.4, 0.5) is 17.1 Å². The number of furan rings is 1. The van der Waals surface area contributed by atoms with Crippen molar-refractivity contribution >= 4 is 71.3 Å². The third-order valence-electron chi connectivity index (χ3n) is 11.2. The monoisotopic (exact) mass is 713 g/mol. The quantitative estimate of drug-likeness (QED) is 0.160. The maximum atomic E-state index is 6.14. The van der Waals surface area contributed by atoms with E-state index in [-0.39, 0.29) is 0 Å². The highest BCUT2D eigenvalue weighted by molar-refractivity contribution is 6.14. The lowest BCUT2D eigenvalue weighted by Gasteiger charge is -2.27. The van der Waals surface area contributed by atoms with Gasteiger partial charge in [0.15, 0.2) is 0 Å². The van der Waals surface area contributed by atoms with Gasteiger partial charge in [-0.15, -0.1) is 0 Å². The Kier molecular flexibility index (Phi) is 7.53. The molecule has 2 nitrogen and oxygen atoms in total. The Morgan fingerprint density at radius 3 is 1.62 bits per heavy atom. The minimum Gasteiger partial charge on any atom is -0.456 e. The van der Waals surface area contributed by atoms with E-state index < -0.39 is 0 Å². The van der Waals surface area contributed by atoms with Crippen LogP contribution in [0.2, 0.25) is 0 Å². The molecule has 0 aliphatic rings. The van der Waals surface area contributed by atoms with Gasteiger partial charge in [0.1, 0.15) is 11.2 Å². The van der Waals surface area contributed by atoms with Crippen LogP contribution >= 0.6 is 0 Å². The van der Waals surface area contributed by atoms with Gasteiger partial charge in [-0.1, -0.05) is 152 Å². The minimum atomic E-state index is 0.905. The van der Waals surface area contributed by atoms with Gasteiger partial charge in [0, 0.05) is 27.8 Å². The summed E-state index contributed by atoms with van der Waals surface area (Å²) in [5.74, 6) is 0. The first kappa shape index (κ1) is 32.0. The summed E-state index contributed by atoms with van der Waals surface area (Å²) in [7, 11) is 0. The Hall–Kier alpha value is -7.42. The molecule has 262 valence electrons. The van der Waals surface area contributed by atoms with Crippen LogP contribution < -0.4 is 4.90 Å². The molecule has 0 saturated carbocycles. The van der Waals surface area contributed by atoms with Crippen LogP contribution in [-0.4, -0.2) is 0 Å². The summed E-state index contributed by atoms with van der Waals surface area (Å²) < 4.78 is 6.14. The van der Waals surface area contributed by atoms with Gasteiger partial charge in [-0.25, -0.2) is 0 Å². The lowest BCUT2D eigenvalue weighted by atomic mass is 9.93. The van der Waals surface area contributed by atoms with Crippen LogP contribution in [-0.2, 0) is 0 Å². The summed E-state index contributed by atoms with van der Waals surface area (Å²) in [5.41, 5.74) is 12.2. The van der Waals surface area contributed by atoms with E-state index in [0.29, 0.717) is 0 Å². The van der Waals surface area contributed by atoms with E-state index in [2.05, 4.69) is 205 Å². The fraction of sp³-hybridized carbons (Fsp3) is 0. The predicted molar refractivity (Wildman–Crippen MR) is 237 cm³/mol. The molecular formula is C54H35NO. The van der Waals surface area contributed by atoms with Crippen LogP contribution in [0, 0.1) is 0 Å². The molecule has 0 atom stereocenters. The van der Waals surface area contributed by atoms with Crippen molar-refractivity contribution < 1.29 is 4.42 Å². The molecule has 0 unspecified atom stereocenters. The zero-order chi connectivity index (χ0) is 37.0. The molecule has 0 radical (unpaired) electrons. The van der Waals surface area contributed by atoms with Crippen LogP contribution in [0.5, 0.6) is 0 Å². The van der Waals surface area contributed by atoms with Crippen LogP contribution in [0.25, 0.3) is 87.6 Å². The number of anilines is 3. The lowest BCUT2D eigenvalue weighted by molar-refractivity contribution is 0.669. The topological polar surface area (TPSA) is 16.4 Å². The fourth-order valence-corrected chi connectivity index (χ4v) is 8.55. The molecule has 2 heteroatoms. The highest BCUT2D eigenvalue weighted by Crippen LogP contribution is 2.42. The first-order valence-electron chi connectivity index (χ1n) is 19.2. The van der Waals surface area contributed by atoms with E-state index in [9.17, 15) is 0 Å². The number of para-hydroxylation sites is 1. The standard InChI is InChI=1S/C54H35NO/c1-3-19-45-37(12-1)14-11-24-46(45)39-15-9-17-43(32-39)55(42-29-26-36(27-30-42)38-28-31-54-52(34-38)50-23-7-8-25-53(50)56-54)44-18-10-16-40(33-44)51-35-41-13-2-4-20-47(41)48-21-5-6-22-49(48)51/h1-35H. The lowest BCUT2D eigenvalue weighted by Crippen LogP contribution is -2.10. The smallest absolute Gasteiger partial charge is 0.135 e. The number of benzene rings is 10. The summed E-state index contributed by atoms with van der Waals surface area (Å²) in [5, 5.41) is 9.78. The van der Waals surface area contributed by atoms with E-state index in [1.165, 1.54) is 54.6 Å². The second-order valence-corrected chi connectivity index (χ2v) is 14.5. The second kappa shape index (κ2) is 13.2. The van der Waals surface area contributed by atoms with E-state index in [1.54, 1.807) is 0 Å². The molecule has 56 heavy (non-hydrogen) atoms. The summed E-state index contributed by atoms with van der Waals surface area (Å²) >= 11 is 0. The number of nitrogens with zero attached hydrogens (tertiary/aromatic N) is 1. The van der Waals surface area contributed by atoms with Crippen molar-refractivity contribution in [3.05, 3.63) is 212 Å². The van der Waals surface area contributed by atoms with Gasteiger partial charge >= 0.3 is 0 Å². The molecule has 11 rings (SSSR count). The van der Waals surface area contributed by atoms with Gasteiger partial charge in [0.05, 0.1) is 0 Å². The summed E-state index contributed by atoms with van der Waals surface area (Å²) in [4.78, 5) is 2.39. The fourth-order valence-electron chi connectivity index (χ4n) is 8.55. The van der Waals surface area contributed by atoms with Gasteiger partial charge in [0.2, 0.25) is 0 Å². The van der Waals surface area contributed by atoms with E-state index in [0.717, 1.165) is 50.1 Å². The van der Waals surface area contributed by atoms with Crippen molar-refractivity contribution in [2.45, 2.75) is 0 Å². The summed E-state index contributed by atoms with van der Waals surface area (Å²) in [6, 6.07) is 76.7. The average molecular weight is 714 g/mol. The van der Waals surface area contributed by atoms with Crippen molar-refractivity contribution in [2.24, 2.45) is 0 Å². The van der Waals surface area contributed by atoms with Crippen molar-refractivity contribution in [1.82, 2.24) is 0 Å². The second-order valence-electron chi connectivity index (χ2n) is 14.5. The summed E-state index contributed by atoms with van der Waals surface area (Å²) in [6.07, 6.45) is 0. The minimum absolute atomic E-state index is 0.905. The Morgan fingerprint density at radius 2 is 0.839 bits per heavy atom. The van der Waals surface area contributed by atoms with Crippen molar-refractivity contribution in [3.63, 3.8) is 0 Å². The Bertz CT molecular complexity index is 3260. The number of hydrogen-bond acceptors (Lipinski definition) is 2. The van der Waals surface area contributed by atoms with Gasteiger partial charge in [-0.2, -0.15) is 0 Å². The van der Waals surface area contributed by atoms with Crippen molar-refractivity contribution in [1.29, 1.82) is 0 Å². The molecule has 0 amide bonds. The molecule has 0 fully saturated rings. The maximum absolute atomic E-state index is 6.14. The summed E-state index contributed by atoms with van der Waals surface area (Å²) in [6.45, 7) is 0. The average Bonchev–Trinajstić information content (AvgIpc) is 3.65. The number of fused-ring (bicyclic) bond motifs is 7. The maximum Gasteiger partial charge on any atom is 0.135 e. The molecule has 11 aromatic rings. The zero-order valence-electron chi connectivity index (χ0n) is 30.6. The van der Waals surface area contributed by atoms with Gasteiger partial charge in [0.25, 0.3) is 0 Å². The first-order chi connectivity index (χ1) is 27.7. The predicted octanol–water partition coefficient (Wildman–Crippen LogP) is 15.5. The first-order valence-corrected chi connectivity index (χ1v) is 19.2. The molecule has 0 aliphatic heterocycles. The zero-order valence-corrected chi connectivity index (χ0v) is 30.6. The molecular weight excluding hydrogens is 679 g/mol. The molecule has 0 spiro atoms. The number of hydrogen-bond donors (Lipinski definition) is 0. The van der Waals surface area contributed by atoms with Gasteiger partial charge < -0.3 is 9.32 Å². The van der Waals surface area contributed by atoms with Crippen molar-refractivity contribution in [2.75, 3.05) is 4.90 Å². The molecule has 0 saturated heterocycles. The molecule has 10 aromatic carbocycles. The Labute approximate surface area is 325 Å². The van der Waals surface area contributed by atoms with Gasteiger partial charge in [-0.05, 0) is 126 Å². The van der Waals surface area contributed by atoms with Crippen LogP contribution in [0.15, 0.2) is 217 Å². The third-order valence-corrected chi connectivity index (χ3v) is 11.2. The van der Waals surface area contributed by atoms with Crippen LogP contribution in [0.1, 0.15) is 0 Å². The molecule has 0 bridgehead atoms. The Balaban J connectivity index is 1.06. The highest BCUT2D eigenvalue weighted by atomic mass is 16.3. The van der Waals surface area contributed by atoms with E-state index in [4.69, 9.17) is 4.42 Å². The van der Waals surface area contributed by atoms with Gasteiger partial charge in [-0.3, -0.25) is 0 Å². The largest absolute Gasteiger partial charge is 0.456 e. The van der Waals surface area contributed by atoms with Crippen LogP contribution in [0.3, 0.4) is 0 Å². The normalized spacial score (nSPS) is 11.6. The molecule has 0 aliphatic carbocycles. The van der Waals surface area contributed by atoms with E-state index in [1.807, 2.05) is 12.1 Å². The number of rotatable bonds is 6. The van der Waals surface area contributed by atoms with E-state index >= 15 is 0 Å². The molecule has 1 heterocycles. The van der Waals surface area contributed by atoms with Crippen molar-refractivity contribution in [3.8, 4) is 33.4 Å². The highest BCUT2D eigenvalue weighted by Gasteiger charge is 2.17. The molecule has 1 aromatic heterocycles. The molecule has 0 N–H and O–H groups in total.